The zero-order chi connectivity index (χ0) is 17.1. The second-order valence-electron chi connectivity index (χ2n) is 7.99. The summed E-state index contributed by atoms with van der Waals surface area (Å²) in [5, 5.41) is 12.3. The van der Waals surface area contributed by atoms with Gasteiger partial charge in [0, 0.05) is 5.41 Å². The molecule has 22 heavy (non-hydrogen) atoms. The van der Waals surface area contributed by atoms with E-state index in [9.17, 15) is 14.7 Å². The van der Waals surface area contributed by atoms with Crippen molar-refractivity contribution in [2.24, 2.45) is 17.3 Å². The number of amides is 1. The van der Waals surface area contributed by atoms with Crippen molar-refractivity contribution < 1.29 is 19.4 Å². The second kappa shape index (κ2) is 6.88. The number of carbonyl (C=O) groups excluding carboxylic acids is 1. The van der Waals surface area contributed by atoms with E-state index in [0.29, 0.717) is 11.8 Å². The average Bonchev–Trinajstić information content (AvgIpc) is 2.32. The number of carboxylic acids is 1. The first-order chi connectivity index (χ1) is 9.99. The van der Waals surface area contributed by atoms with E-state index < -0.39 is 29.1 Å². The predicted molar refractivity (Wildman–Crippen MR) is 85.7 cm³/mol. The van der Waals surface area contributed by atoms with Crippen molar-refractivity contribution in [2.75, 3.05) is 0 Å². The van der Waals surface area contributed by atoms with E-state index in [2.05, 4.69) is 19.2 Å². The summed E-state index contributed by atoms with van der Waals surface area (Å²) in [4.78, 5) is 23.8. The van der Waals surface area contributed by atoms with Crippen LogP contribution in [-0.2, 0) is 9.53 Å². The van der Waals surface area contributed by atoms with Crippen LogP contribution in [0, 0.1) is 17.3 Å². The summed E-state index contributed by atoms with van der Waals surface area (Å²) in [7, 11) is 0. The third kappa shape index (κ3) is 4.89. The molecule has 0 saturated heterocycles. The molecule has 1 fully saturated rings. The lowest BCUT2D eigenvalue weighted by atomic mass is 9.61. The minimum absolute atomic E-state index is 0.403. The molecule has 0 aliphatic heterocycles. The first-order valence-electron chi connectivity index (χ1n) is 8.21. The molecule has 128 valence electrons. The first kappa shape index (κ1) is 18.8. The Hall–Kier alpha value is -1.26. The number of carboxylic acid groups (broad SMARTS) is 1. The Morgan fingerprint density at radius 3 is 2.14 bits per heavy atom. The fourth-order valence-electron chi connectivity index (χ4n) is 3.96. The highest BCUT2D eigenvalue weighted by atomic mass is 16.6. The first-order valence-corrected chi connectivity index (χ1v) is 8.21. The molecule has 1 amide bonds. The summed E-state index contributed by atoms with van der Waals surface area (Å²) >= 11 is 0. The van der Waals surface area contributed by atoms with Gasteiger partial charge in [-0.1, -0.05) is 20.8 Å². The van der Waals surface area contributed by atoms with Gasteiger partial charge in [-0.3, -0.25) is 0 Å². The summed E-state index contributed by atoms with van der Waals surface area (Å²) in [5.41, 5.74) is -1.04. The Kier molecular flexibility index (Phi) is 5.88. The van der Waals surface area contributed by atoms with E-state index >= 15 is 0 Å². The van der Waals surface area contributed by atoms with Crippen LogP contribution in [0.15, 0.2) is 0 Å². The molecule has 0 aromatic carbocycles. The Balaban J connectivity index is 2.96. The van der Waals surface area contributed by atoms with Gasteiger partial charge in [-0.2, -0.15) is 0 Å². The molecule has 0 heterocycles. The third-order valence-electron chi connectivity index (χ3n) is 4.54. The van der Waals surface area contributed by atoms with E-state index in [0.717, 1.165) is 25.7 Å². The minimum Gasteiger partial charge on any atom is -0.480 e. The molecule has 5 heteroatoms. The van der Waals surface area contributed by atoms with Crippen molar-refractivity contribution >= 4 is 12.1 Å². The number of nitrogens with one attached hydrogen (secondary N) is 1. The Morgan fingerprint density at radius 1 is 1.27 bits per heavy atom. The largest absolute Gasteiger partial charge is 0.480 e. The molecule has 1 aliphatic carbocycles. The zero-order valence-electron chi connectivity index (χ0n) is 14.7. The molecule has 5 nitrogen and oxygen atoms in total. The van der Waals surface area contributed by atoms with Crippen LogP contribution < -0.4 is 5.32 Å². The molecule has 0 aromatic heterocycles. The lowest BCUT2D eigenvalue weighted by Gasteiger charge is -2.46. The van der Waals surface area contributed by atoms with Gasteiger partial charge in [0.05, 0.1) is 0 Å². The van der Waals surface area contributed by atoms with Crippen LogP contribution in [0.25, 0.3) is 0 Å². The van der Waals surface area contributed by atoms with Gasteiger partial charge in [0.1, 0.15) is 11.6 Å². The second-order valence-corrected chi connectivity index (χ2v) is 7.99. The number of aliphatic carboxylic acids is 1. The molecule has 0 bridgehead atoms. The topological polar surface area (TPSA) is 75.6 Å². The van der Waals surface area contributed by atoms with E-state index in [-0.39, 0.29) is 0 Å². The normalized spacial score (nSPS) is 30.5. The zero-order valence-corrected chi connectivity index (χ0v) is 14.7. The number of alkyl carbamates (subject to hydrolysis) is 1. The Bertz CT molecular complexity index is 403. The molecule has 3 atom stereocenters. The number of rotatable bonds is 4. The summed E-state index contributed by atoms with van der Waals surface area (Å²) in [6.07, 6.45) is 2.83. The minimum atomic E-state index is -0.978. The molecule has 0 radical (unpaired) electrons. The lowest BCUT2D eigenvalue weighted by Crippen LogP contribution is -2.55. The summed E-state index contributed by atoms with van der Waals surface area (Å²) < 4.78 is 5.24. The van der Waals surface area contributed by atoms with Crippen molar-refractivity contribution in [1.82, 2.24) is 5.32 Å². The monoisotopic (exact) mass is 313 g/mol. The van der Waals surface area contributed by atoms with Crippen molar-refractivity contribution in [1.29, 1.82) is 0 Å². The Labute approximate surface area is 133 Å². The van der Waals surface area contributed by atoms with Gasteiger partial charge in [-0.15, -0.1) is 0 Å². The van der Waals surface area contributed by atoms with Gasteiger partial charge in [0.25, 0.3) is 0 Å². The number of ether oxygens (including phenoxy) is 1. The Morgan fingerprint density at radius 2 is 1.77 bits per heavy atom. The van der Waals surface area contributed by atoms with Gasteiger partial charge >= 0.3 is 12.1 Å². The van der Waals surface area contributed by atoms with Crippen LogP contribution in [-0.4, -0.2) is 28.8 Å². The molecule has 1 saturated carbocycles. The molecular formula is C17H31NO4. The summed E-state index contributed by atoms with van der Waals surface area (Å²) in [5.74, 6) is -0.0500. The van der Waals surface area contributed by atoms with Crippen LogP contribution in [0.3, 0.4) is 0 Å². The van der Waals surface area contributed by atoms with Crippen LogP contribution in [0.2, 0.25) is 0 Å². The number of hydrogen-bond acceptors (Lipinski definition) is 3. The highest BCUT2D eigenvalue weighted by Gasteiger charge is 2.47. The van der Waals surface area contributed by atoms with Gasteiger partial charge in [0.2, 0.25) is 0 Å². The van der Waals surface area contributed by atoms with Crippen molar-refractivity contribution in [3.8, 4) is 0 Å². The van der Waals surface area contributed by atoms with Crippen molar-refractivity contribution in [3.63, 3.8) is 0 Å². The molecule has 2 N–H and O–H groups in total. The average molecular weight is 313 g/mol. The van der Waals surface area contributed by atoms with E-state index in [4.69, 9.17) is 4.74 Å². The molecular weight excluding hydrogens is 282 g/mol. The van der Waals surface area contributed by atoms with Crippen LogP contribution in [0.5, 0.6) is 0 Å². The van der Waals surface area contributed by atoms with Gasteiger partial charge < -0.3 is 15.2 Å². The molecule has 0 aromatic rings. The SMILES string of the molecule is CCC1(C(NC(=O)OC(C)(C)C)C(=O)O)CC(C)CC(C)C1. The van der Waals surface area contributed by atoms with Crippen LogP contribution in [0.4, 0.5) is 4.79 Å². The van der Waals surface area contributed by atoms with Crippen LogP contribution >= 0.6 is 0 Å². The fraction of sp³-hybridized carbons (Fsp3) is 0.882. The lowest BCUT2D eigenvalue weighted by molar-refractivity contribution is -0.145. The van der Waals surface area contributed by atoms with Crippen molar-refractivity contribution in [2.45, 2.75) is 78.9 Å². The fourth-order valence-corrected chi connectivity index (χ4v) is 3.96. The van der Waals surface area contributed by atoms with Crippen molar-refractivity contribution in [3.05, 3.63) is 0 Å². The smallest absolute Gasteiger partial charge is 0.408 e. The maximum atomic E-state index is 12.0. The highest BCUT2D eigenvalue weighted by Crippen LogP contribution is 2.47. The molecule has 0 spiro atoms. The van der Waals surface area contributed by atoms with E-state index in [1.807, 2.05) is 6.92 Å². The number of carbonyl (C=O) groups is 2. The van der Waals surface area contributed by atoms with Gasteiger partial charge in [0.15, 0.2) is 0 Å². The maximum absolute atomic E-state index is 12.0. The quantitative estimate of drug-likeness (QED) is 0.827. The highest BCUT2D eigenvalue weighted by molar-refractivity contribution is 5.81. The molecule has 3 unspecified atom stereocenters. The standard InChI is InChI=1S/C17H31NO4/c1-7-17(9-11(2)8-12(3)10-17)13(14(19)20)18-15(21)22-16(4,5)6/h11-13H,7-10H2,1-6H3,(H,18,21)(H,19,20). The number of hydrogen-bond donors (Lipinski definition) is 2. The van der Waals surface area contributed by atoms with Gasteiger partial charge in [-0.25, -0.2) is 9.59 Å². The third-order valence-corrected chi connectivity index (χ3v) is 4.54. The van der Waals surface area contributed by atoms with Gasteiger partial charge in [-0.05, 0) is 58.3 Å². The summed E-state index contributed by atoms with van der Waals surface area (Å²) in [6, 6.07) is -0.905. The van der Waals surface area contributed by atoms with E-state index in [1.165, 1.54) is 0 Å². The summed E-state index contributed by atoms with van der Waals surface area (Å²) in [6.45, 7) is 11.6. The van der Waals surface area contributed by atoms with Crippen LogP contribution in [0.1, 0.15) is 67.2 Å². The molecule has 1 aliphatic rings. The maximum Gasteiger partial charge on any atom is 0.408 e. The predicted octanol–water partition coefficient (Wildman–Crippen LogP) is 3.82. The van der Waals surface area contributed by atoms with E-state index in [1.54, 1.807) is 20.8 Å². The molecule has 1 rings (SSSR count).